The van der Waals surface area contributed by atoms with Crippen molar-refractivity contribution >= 4 is 5.97 Å². The Morgan fingerprint density at radius 2 is 2.06 bits per heavy atom. The molecule has 2 rings (SSSR count). The molecule has 0 atom stereocenters. The third kappa shape index (κ3) is 2.14. The number of carbonyl (C=O) groups is 1. The number of hydrogen-bond donors (Lipinski definition) is 1. The van der Waals surface area contributed by atoms with Gasteiger partial charge in [0.2, 0.25) is 0 Å². The Labute approximate surface area is 106 Å². The fourth-order valence-corrected chi connectivity index (χ4v) is 1.90. The maximum Gasteiger partial charge on any atom is 0.356 e. The zero-order valence-electron chi connectivity index (χ0n) is 10.8. The number of carbonyl (C=O) groups excluding carboxylic acids is 1. The minimum Gasteiger partial charge on any atom is -0.461 e. The Hall–Kier alpha value is -2.10. The maximum atomic E-state index is 11.7. The first-order valence-corrected chi connectivity index (χ1v) is 5.93. The van der Waals surface area contributed by atoms with Gasteiger partial charge >= 0.3 is 5.97 Å². The zero-order valence-corrected chi connectivity index (χ0v) is 10.8. The van der Waals surface area contributed by atoms with Gasteiger partial charge in [-0.1, -0.05) is 24.3 Å². The van der Waals surface area contributed by atoms with Crippen LogP contribution >= 0.6 is 0 Å². The third-order valence-electron chi connectivity index (χ3n) is 2.89. The molecule has 94 valence electrons. The molecule has 0 saturated carbocycles. The minimum absolute atomic E-state index is 0.358. The zero-order chi connectivity index (χ0) is 13.1. The van der Waals surface area contributed by atoms with Crippen LogP contribution < -0.4 is 0 Å². The number of aromatic amines is 1. The van der Waals surface area contributed by atoms with Crippen molar-refractivity contribution in [3.63, 3.8) is 0 Å². The van der Waals surface area contributed by atoms with E-state index in [-0.39, 0.29) is 5.97 Å². The van der Waals surface area contributed by atoms with E-state index in [4.69, 9.17) is 4.74 Å². The van der Waals surface area contributed by atoms with E-state index in [1.807, 2.05) is 38.1 Å². The molecule has 1 N–H and O–H groups in total. The van der Waals surface area contributed by atoms with Crippen LogP contribution in [0.5, 0.6) is 0 Å². The largest absolute Gasteiger partial charge is 0.461 e. The van der Waals surface area contributed by atoms with E-state index in [9.17, 15) is 4.79 Å². The van der Waals surface area contributed by atoms with Crippen molar-refractivity contribution in [2.45, 2.75) is 20.8 Å². The van der Waals surface area contributed by atoms with E-state index in [1.54, 1.807) is 6.92 Å². The number of esters is 1. The van der Waals surface area contributed by atoms with Crippen LogP contribution in [0.2, 0.25) is 0 Å². The lowest BCUT2D eigenvalue weighted by molar-refractivity contribution is 0.0518. The average Bonchev–Trinajstić information content (AvgIpc) is 2.72. The normalized spacial score (nSPS) is 10.4. The van der Waals surface area contributed by atoms with Crippen LogP contribution in [0, 0.1) is 13.8 Å². The summed E-state index contributed by atoms with van der Waals surface area (Å²) in [7, 11) is 0. The number of ether oxygens (including phenoxy) is 1. The summed E-state index contributed by atoms with van der Waals surface area (Å²) in [5.41, 5.74) is 4.21. The van der Waals surface area contributed by atoms with Gasteiger partial charge < -0.3 is 4.74 Å². The molecule has 0 aliphatic rings. The molecule has 0 fully saturated rings. The molecule has 0 amide bonds. The van der Waals surface area contributed by atoms with E-state index < -0.39 is 0 Å². The lowest BCUT2D eigenvalue weighted by atomic mass is 10.0. The van der Waals surface area contributed by atoms with Gasteiger partial charge in [0.1, 0.15) is 5.69 Å². The van der Waals surface area contributed by atoms with E-state index >= 15 is 0 Å². The molecule has 1 aromatic heterocycles. The van der Waals surface area contributed by atoms with E-state index in [0.29, 0.717) is 12.3 Å². The van der Waals surface area contributed by atoms with Gasteiger partial charge in [-0.15, -0.1) is 0 Å². The van der Waals surface area contributed by atoms with Crippen molar-refractivity contribution in [2.24, 2.45) is 0 Å². The number of aryl methyl sites for hydroxylation is 1. The van der Waals surface area contributed by atoms with E-state index in [1.165, 1.54) is 0 Å². The Kier molecular flexibility index (Phi) is 3.46. The number of rotatable bonds is 3. The molecular weight excluding hydrogens is 228 g/mol. The van der Waals surface area contributed by atoms with Crippen LogP contribution in [0.15, 0.2) is 24.3 Å². The standard InChI is InChI=1S/C14H16N2O2/c1-4-18-14(17)13-10(3)12(15-16-13)11-8-6-5-7-9(11)2/h5-8H,4H2,1-3H3,(H,15,16). The lowest BCUT2D eigenvalue weighted by Gasteiger charge is -2.03. The second kappa shape index (κ2) is 5.04. The number of nitrogens with one attached hydrogen (secondary N) is 1. The van der Waals surface area contributed by atoms with Crippen molar-refractivity contribution < 1.29 is 9.53 Å². The summed E-state index contributed by atoms with van der Waals surface area (Å²) in [5, 5.41) is 6.98. The first kappa shape index (κ1) is 12.4. The van der Waals surface area contributed by atoms with E-state index in [2.05, 4.69) is 10.2 Å². The lowest BCUT2D eigenvalue weighted by Crippen LogP contribution is -2.06. The van der Waals surface area contributed by atoms with Crippen LogP contribution in [-0.2, 0) is 4.74 Å². The van der Waals surface area contributed by atoms with Crippen LogP contribution in [0.4, 0.5) is 0 Å². The second-order valence-electron chi connectivity index (χ2n) is 4.11. The molecule has 0 bridgehead atoms. The summed E-state index contributed by atoms with van der Waals surface area (Å²) in [6.07, 6.45) is 0. The summed E-state index contributed by atoms with van der Waals surface area (Å²) in [4.78, 5) is 11.7. The molecule has 0 spiro atoms. The molecule has 2 aromatic rings. The van der Waals surface area contributed by atoms with Crippen LogP contribution in [-0.4, -0.2) is 22.8 Å². The minimum atomic E-state index is -0.359. The summed E-state index contributed by atoms with van der Waals surface area (Å²) < 4.78 is 4.98. The Morgan fingerprint density at radius 1 is 1.33 bits per heavy atom. The van der Waals surface area contributed by atoms with Crippen molar-refractivity contribution in [3.8, 4) is 11.3 Å². The monoisotopic (exact) mass is 244 g/mol. The number of nitrogens with zero attached hydrogens (tertiary/aromatic N) is 1. The van der Waals surface area contributed by atoms with Crippen molar-refractivity contribution in [1.29, 1.82) is 0 Å². The number of hydrogen-bond acceptors (Lipinski definition) is 3. The SMILES string of the molecule is CCOC(=O)c1[nH]nc(-c2ccccc2C)c1C. The first-order chi connectivity index (χ1) is 8.65. The fourth-order valence-electron chi connectivity index (χ4n) is 1.90. The second-order valence-corrected chi connectivity index (χ2v) is 4.11. The number of aromatic nitrogens is 2. The predicted molar refractivity (Wildman–Crippen MR) is 69.5 cm³/mol. The summed E-state index contributed by atoms with van der Waals surface area (Å²) in [6, 6.07) is 7.95. The van der Waals surface area contributed by atoms with E-state index in [0.717, 1.165) is 22.4 Å². The molecule has 18 heavy (non-hydrogen) atoms. The third-order valence-corrected chi connectivity index (χ3v) is 2.89. The Bertz CT molecular complexity index is 573. The highest BCUT2D eigenvalue weighted by Gasteiger charge is 2.18. The average molecular weight is 244 g/mol. The van der Waals surface area contributed by atoms with Crippen molar-refractivity contribution in [3.05, 3.63) is 41.1 Å². The summed E-state index contributed by atoms with van der Waals surface area (Å²) in [5.74, 6) is -0.359. The van der Waals surface area contributed by atoms with Gasteiger partial charge in [-0.3, -0.25) is 5.10 Å². The summed E-state index contributed by atoms with van der Waals surface area (Å²) >= 11 is 0. The smallest absolute Gasteiger partial charge is 0.356 e. The molecular formula is C14H16N2O2. The van der Waals surface area contributed by atoms with Gasteiger partial charge in [-0.2, -0.15) is 5.10 Å². The molecule has 0 aliphatic heterocycles. The van der Waals surface area contributed by atoms with Crippen molar-refractivity contribution in [1.82, 2.24) is 10.2 Å². The highest BCUT2D eigenvalue weighted by Crippen LogP contribution is 2.26. The number of benzene rings is 1. The van der Waals surface area contributed by atoms with Gasteiger partial charge in [-0.25, -0.2) is 4.79 Å². The topological polar surface area (TPSA) is 55.0 Å². The fraction of sp³-hybridized carbons (Fsp3) is 0.286. The highest BCUT2D eigenvalue weighted by atomic mass is 16.5. The number of H-pyrrole nitrogens is 1. The molecule has 4 nitrogen and oxygen atoms in total. The molecule has 1 heterocycles. The van der Waals surface area contributed by atoms with Crippen molar-refractivity contribution in [2.75, 3.05) is 6.61 Å². The quantitative estimate of drug-likeness (QED) is 0.845. The highest BCUT2D eigenvalue weighted by molar-refractivity contribution is 5.91. The Morgan fingerprint density at radius 3 is 2.72 bits per heavy atom. The van der Waals surface area contributed by atoms with Crippen LogP contribution in [0.1, 0.15) is 28.5 Å². The van der Waals surface area contributed by atoms with Gasteiger partial charge in [0.15, 0.2) is 0 Å². The van der Waals surface area contributed by atoms with Gasteiger partial charge in [-0.05, 0) is 26.3 Å². The molecule has 4 heteroatoms. The molecule has 0 unspecified atom stereocenters. The Balaban J connectivity index is 2.43. The molecule has 0 radical (unpaired) electrons. The first-order valence-electron chi connectivity index (χ1n) is 5.93. The molecule has 1 aromatic carbocycles. The molecule has 0 saturated heterocycles. The van der Waals surface area contributed by atoms with Crippen LogP contribution in [0.3, 0.4) is 0 Å². The van der Waals surface area contributed by atoms with Gasteiger partial charge in [0, 0.05) is 11.1 Å². The van der Waals surface area contributed by atoms with Gasteiger partial charge in [0.05, 0.1) is 12.3 Å². The van der Waals surface area contributed by atoms with Crippen LogP contribution in [0.25, 0.3) is 11.3 Å². The van der Waals surface area contributed by atoms with Gasteiger partial charge in [0.25, 0.3) is 0 Å². The predicted octanol–water partition coefficient (Wildman–Crippen LogP) is 2.87. The maximum absolute atomic E-state index is 11.7. The molecule has 0 aliphatic carbocycles. The summed E-state index contributed by atoms with van der Waals surface area (Å²) in [6.45, 7) is 6.04.